The van der Waals surface area contributed by atoms with Crippen LogP contribution in [-0.4, -0.2) is 88.2 Å². The quantitative estimate of drug-likeness (QED) is 0.604. The van der Waals surface area contributed by atoms with Crippen LogP contribution in [0.15, 0.2) is 0 Å². The van der Waals surface area contributed by atoms with Crippen molar-refractivity contribution < 1.29 is 4.43 Å². The lowest BCUT2D eigenvalue weighted by molar-refractivity contribution is 0.127. The van der Waals surface area contributed by atoms with E-state index in [9.17, 15) is 0 Å². The molecule has 1 rings (SSSR count). The molecular weight excluding hydrogens is 266 g/mol. The van der Waals surface area contributed by atoms with Crippen LogP contribution in [0.1, 0.15) is 20.8 Å². The van der Waals surface area contributed by atoms with Crippen molar-refractivity contribution in [3.63, 3.8) is 0 Å². The smallest absolute Gasteiger partial charge is 0.200 e. The van der Waals surface area contributed by atoms with Gasteiger partial charge in [0.1, 0.15) is 0 Å². The number of hydrogen-bond acceptors (Lipinski definition) is 4. The summed E-state index contributed by atoms with van der Waals surface area (Å²) in [6, 6.07) is 0. The fourth-order valence-corrected chi connectivity index (χ4v) is 5.23. The molecule has 4 nitrogen and oxygen atoms in total. The molecule has 20 heavy (non-hydrogen) atoms. The summed E-state index contributed by atoms with van der Waals surface area (Å²) >= 11 is 0. The maximum absolute atomic E-state index is 5.94. The van der Waals surface area contributed by atoms with Crippen molar-refractivity contribution >= 4 is 8.32 Å². The van der Waals surface area contributed by atoms with Gasteiger partial charge in [-0.25, -0.2) is 0 Å². The zero-order valence-corrected chi connectivity index (χ0v) is 15.3. The van der Waals surface area contributed by atoms with Gasteiger partial charge in [0.2, 0.25) is 0 Å². The normalized spacial score (nSPS) is 18.9. The first-order chi connectivity index (χ1) is 9.50. The third-order valence-electron chi connectivity index (χ3n) is 4.23. The van der Waals surface area contributed by atoms with E-state index in [4.69, 9.17) is 4.43 Å². The van der Waals surface area contributed by atoms with Gasteiger partial charge >= 0.3 is 0 Å². The van der Waals surface area contributed by atoms with E-state index in [1.807, 2.05) is 0 Å². The van der Waals surface area contributed by atoms with Crippen molar-refractivity contribution in [2.24, 2.45) is 0 Å². The van der Waals surface area contributed by atoms with Crippen LogP contribution in [-0.2, 0) is 4.43 Å². The van der Waals surface area contributed by atoms with Crippen LogP contribution in [0.4, 0.5) is 0 Å². The summed E-state index contributed by atoms with van der Waals surface area (Å²) in [5.74, 6) is 0. The standard InChI is InChI=1S/C15H35N3OSi/c1-6-16(7-2)9-10-17-11-13-18(14-12-17)15-20(4,5)19-8-3/h6-15H2,1-5H3. The molecule has 120 valence electrons. The van der Waals surface area contributed by atoms with Gasteiger partial charge in [-0.05, 0) is 33.1 Å². The topological polar surface area (TPSA) is 19.0 Å². The lowest BCUT2D eigenvalue weighted by Crippen LogP contribution is -2.53. The van der Waals surface area contributed by atoms with Crippen molar-refractivity contribution in [2.45, 2.75) is 33.9 Å². The Kier molecular flexibility index (Phi) is 8.29. The highest BCUT2D eigenvalue weighted by Crippen LogP contribution is 2.10. The summed E-state index contributed by atoms with van der Waals surface area (Å²) < 4.78 is 5.94. The molecule has 0 unspecified atom stereocenters. The lowest BCUT2D eigenvalue weighted by atomic mass is 10.3. The van der Waals surface area contributed by atoms with E-state index in [0.29, 0.717) is 0 Å². The van der Waals surface area contributed by atoms with E-state index in [2.05, 4.69) is 48.6 Å². The molecule has 0 bridgehead atoms. The molecule has 0 aromatic carbocycles. The van der Waals surface area contributed by atoms with Gasteiger partial charge in [0.15, 0.2) is 8.32 Å². The molecule has 0 amide bonds. The number of nitrogens with zero attached hydrogens (tertiary/aromatic N) is 3. The van der Waals surface area contributed by atoms with E-state index in [1.54, 1.807) is 0 Å². The molecule has 0 radical (unpaired) electrons. The fourth-order valence-electron chi connectivity index (χ4n) is 2.97. The van der Waals surface area contributed by atoms with E-state index >= 15 is 0 Å². The Morgan fingerprint density at radius 3 is 2.00 bits per heavy atom. The Hall–Kier alpha value is 0.0569. The molecule has 1 saturated heterocycles. The molecule has 0 spiro atoms. The minimum absolute atomic E-state index is 0.864. The van der Waals surface area contributed by atoms with Crippen LogP contribution >= 0.6 is 0 Å². The Bertz CT molecular complexity index is 252. The maximum atomic E-state index is 5.94. The van der Waals surface area contributed by atoms with Gasteiger partial charge in [-0.1, -0.05) is 13.8 Å². The number of piperazine rings is 1. The molecule has 1 fully saturated rings. The largest absolute Gasteiger partial charge is 0.416 e. The zero-order chi connectivity index (χ0) is 15.0. The Balaban J connectivity index is 2.23. The summed E-state index contributed by atoms with van der Waals surface area (Å²) in [4.78, 5) is 7.73. The first kappa shape index (κ1) is 18.1. The van der Waals surface area contributed by atoms with Crippen molar-refractivity contribution in [3.05, 3.63) is 0 Å². The van der Waals surface area contributed by atoms with Crippen LogP contribution in [0.5, 0.6) is 0 Å². The summed E-state index contributed by atoms with van der Waals surface area (Å²) in [6.07, 6.45) is 1.19. The highest BCUT2D eigenvalue weighted by atomic mass is 28.4. The number of hydrogen-bond donors (Lipinski definition) is 0. The lowest BCUT2D eigenvalue weighted by Gasteiger charge is -2.38. The van der Waals surface area contributed by atoms with Crippen molar-refractivity contribution in [3.8, 4) is 0 Å². The van der Waals surface area contributed by atoms with Gasteiger partial charge in [-0.15, -0.1) is 0 Å². The monoisotopic (exact) mass is 301 g/mol. The molecule has 0 saturated carbocycles. The molecule has 0 N–H and O–H groups in total. The van der Waals surface area contributed by atoms with Crippen LogP contribution in [0.25, 0.3) is 0 Å². The zero-order valence-electron chi connectivity index (χ0n) is 14.3. The minimum Gasteiger partial charge on any atom is -0.416 e. The molecule has 1 heterocycles. The average molecular weight is 302 g/mol. The summed E-state index contributed by atoms with van der Waals surface area (Å²) in [5, 5.41) is 0. The third-order valence-corrected chi connectivity index (χ3v) is 6.51. The van der Waals surface area contributed by atoms with Gasteiger partial charge in [-0.3, -0.25) is 4.90 Å². The number of likely N-dealkylation sites (N-methyl/N-ethyl adjacent to an activating group) is 1. The molecule has 0 aliphatic carbocycles. The molecule has 1 aliphatic rings. The van der Waals surface area contributed by atoms with Crippen LogP contribution in [0.3, 0.4) is 0 Å². The Labute approximate surface area is 127 Å². The molecule has 0 aromatic rings. The SMILES string of the molecule is CCO[Si](C)(C)CN1CCN(CCN(CC)CC)CC1. The predicted molar refractivity (Wildman–Crippen MR) is 89.8 cm³/mol. The highest BCUT2D eigenvalue weighted by Gasteiger charge is 2.27. The van der Waals surface area contributed by atoms with E-state index in [0.717, 1.165) is 6.61 Å². The maximum Gasteiger partial charge on any atom is 0.200 e. The van der Waals surface area contributed by atoms with Gasteiger partial charge in [0, 0.05) is 52.0 Å². The minimum atomic E-state index is -1.46. The molecule has 0 aromatic heterocycles. The first-order valence-corrected chi connectivity index (χ1v) is 11.4. The molecular formula is C15H35N3OSi. The highest BCUT2D eigenvalue weighted by molar-refractivity contribution is 6.71. The third kappa shape index (κ3) is 6.67. The van der Waals surface area contributed by atoms with Crippen molar-refractivity contribution in [1.29, 1.82) is 0 Å². The van der Waals surface area contributed by atoms with Crippen LogP contribution < -0.4 is 0 Å². The predicted octanol–water partition coefficient (Wildman–Crippen LogP) is 1.73. The number of rotatable bonds is 9. The Morgan fingerprint density at radius 1 is 0.950 bits per heavy atom. The van der Waals surface area contributed by atoms with Gasteiger partial charge < -0.3 is 14.2 Å². The summed E-state index contributed by atoms with van der Waals surface area (Å²) in [7, 11) is -1.46. The second-order valence-electron chi connectivity index (χ2n) is 6.34. The second kappa shape index (κ2) is 9.15. The van der Waals surface area contributed by atoms with E-state index < -0.39 is 8.32 Å². The van der Waals surface area contributed by atoms with Crippen molar-refractivity contribution in [1.82, 2.24) is 14.7 Å². The molecule has 1 aliphatic heterocycles. The van der Waals surface area contributed by atoms with Gasteiger partial charge in [0.25, 0.3) is 0 Å². The first-order valence-electron chi connectivity index (χ1n) is 8.31. The summed E-state index contributed by atoms with van der Waals surface area (Å²) in [5.41, 5.74) is 0. The van der Waals surface area contributed by atoms with Crippen molar-refractivity contribution in [2.75, 3.05) is 65.1 Å². The van der Waals surface area contributed by atoms with Gasteiger partial charge in [0.05, 0.1) is 0 Å². The van der Waals surface area contributed by atoms with Gasteiger partial charge in [-0.2, -0.15) is 0 Å². The summed E-state index contributed by atoms with van der Waals surface area (Å²) in [6.45, 7) is 21.8. The van der Waals surface area contributed by atoms with Crippen LogP contribution in [0, 0.1) is 0 Å². The Morgan fingerprint density at radius 2 is 1.50 bits per heavy atom. The van der Waals surface area contributed by atoms with E-state index in [-0.39, 0.29) is 0 Å². The molecule has 0 atom stereocenters. The fraction of sp³-hybridized carbons (Fsp3) is 1.00. The molecule has 5 heteroatoms. The van der Waals surface area contributed by atoms with Crippen LogP contribution in [0.2, 0.25) is 13.1 Å². The van der Waals surface area contributed by atoms with E-state index in [1.165, 1.54) is 58.5 Å². The average Bonchev–Trinajstić information content (AvgIpc) is 2.41. The second-order valence-corrected chi connectivity index (χ2v) is 10.5.